The maximum Gasteiger partial charge on any atom is 3.00 e. The molecule has 56 heavy (non-hydrogen) atoms. The molecule has 5 aromatic carbocycles. The van der Waals surface area contributed by atoms with Crippen LogP contribution in [0.2, 0.25) is 0 Å². The third-order valence-corrected chi connectivity index (χ3v) is 9.96. The number of hydrogen-bond donors (Lipinski definition) is 2. The maximum atomic E-state index is 12.5. The minimum atomic E-state index is -3.64. The van der Waals surface area contributed by atoms with Gasteiger partial charge in [-0.1, -0.05) is 85.2 Å². The summed E-state index contributed by atoms with van der Waals surface area (Å²) in [4.78, 5) is 23.5. The summed E-state index contributed by atoms with van der Waals surface area (Å²) < 4.78 is 51.2. The van der Waals surface area contributed by atoms with E-state index in [0.29, 0.717) is 16.8 Å². The SMILES string of the molecule is CCS(=O)(=O)c1ccc([O-])c(N=Nc2c([O-])ccc3cccc(NS(C)(=O)=O)c23)c1.Cc1[nH]n(-c2ccccc2)c(=O)c1N=Nc1ccccc1C(=O)[O-].[Cr+3].[Na+]. The molecule has 0 aliphatic heterocycles. The summed E-state index contributed by atoms with van der Waals surface area (Å²) in [6, 6.07) is 25.9. The zero-order valence-electron chi connectivity index (χ0n) is 30.2. The van der Waals surface area contributed by atoms with Gasteiger partial charge in [0.25, 0.3) is 5.56 Å². The van der Waals surface area contributed by atoms with E-state index in [1.807, 2.05) is 18.2 Å². The smallest absolute Gasteiger partial charge is 0.871 e. The summed E-state index contributed by atoms with van der Waals surface area (Å²) in [5.74, 6) is -2.62. The molecule has 0 saturated carbocycles. The Bertz CT molecular complexity index is 2720. The molecule has 0 fully saturated rings. The summed E-state index contributed by atoms with van der Waals surface area (Å²) in [6.07, 6.45) is 0.970. The van der Waals surface area contributed by atoms with Crippen molar-refractivity contribution < 1.29 is 83.9 Å². The Morgan fingerprint density at radius 1 is 0.786 bits per heavy atom. The van der Waals surface area contributed by atoms with Gasteiger partial charge in [-0.25, -0.2) is 21.5 Å². The molecule has 0 atom stereocenters. The Balaban J connectivity index is 0.000000296. The largest absolute Gasteiger partial charge is 3.00 e. The minimum Gasteiger partial charge on any atom is -0.871 e. The first kappa shape index (κ1) is 45.3. The third-order valence-electron chi connectivity index (χ3n) is 7.64. The summed E-state index contributed by atoms with van der Waals surface area (Å²) in [5.41, 5.74) is 0.686. The first-order valence-electron chi connectivity index (χ1n) is 15.8. The number of azo groups is 2. The number of sulfonamides is 1. The third kappa shape index (κ3) is 10.8. The van der Waals surface area contributed by atoms with Crippen LogP contribution in [0.3, 0.4) is 0 Å². The molecule has 6 rings (SSSR count). The summed E-state index contributed by atoms with van der Waals surface area (Å²) >= 11 is 0. The number of aryl methyl sites for hydroxylation is 1. The molecule has 6 aromatic rings. The van der Waals surface area contributed by atoms with E-state index in [4.69, 9.17) is 0 Å². The van der Waals surface area contributed by atoms with Crippen LogP contribution in [-0.2, 0) is 37.2 Å². The standard InChI is InChI=1S/C19H19N3O6S2.C17H14N4O3.Cr.Na/c1-3-30(27,28)13-8-10-16(23)15(11-13)20-21-19-17(24)9-7-12-5-4-6-14(18(12)19)22-29(2,25)26;1-11-15(16(22)21(20-11)12-7-3-2-4-8-12)19-18-14-10-6-5-9-13(14)17(23)24;;/h4-11,22-24H,3H2,1-2H3;2-10,20H,1H3,(H,23,24);;/q;;+3;+1/p-3. The Kier molecular flexibility index (Phi) is 15.5. The molecule has 1 radical (unpaired) electrons. The zero-order chi connectivity index (χ0) is 39.2. The van der Waals surface area contributed by atoms with Gasteiger partial charge in [0.1, 0.15) is 0 Å². The summed E-state index contributed by atoms with van der Waals surface area (Å²) in [7, 11) is -7.21. The van der Waals surface area contributed by atoms with Crippen LogP contribution in [0.4, 0.5) is 28.4 Å². The predicted octanol–water partition coefficient (Wildman–Crippen LogP) is 1.82. The number of nitrogens with one attached hydrogen (secondary N) is 2. The summed E-state index contributed by atoms with van der Waals surface area (Å²) in [6.45, 7) is 3.16. The number of anilines is 1. The van der Waals surface area contributed by atoms with Gasteiger partial charge in [-0.2, -0.15) is 10.2 Å². The molecule has 0 aliphatic carbocycles. The topological polar surface area (TPSA) is 254 Å². The fourth-order valence-corrected chi connectivity index (χ4v) is 6.49. The average Bonchev–Trinajstić information content (AvgIpc) is 3.43. The van der Waals surface area contributed by atoms with E-state index in [0.717, 1.165) is 18.4 Å². The number of aromatic carboxylic acids is 1. The molecule has 16 nitrogen and oxygen atoms in total. The van der Waals surface area contributed by atoms with E-state index in [2.05, 4.69) is 30.3 Å². The minimum absolute atomic E-state index is 0. The van der Waals surface area contributed by atoms with Gasteiger partial charge in [0, 0.05) is 10.9 Å². The molecule has 20 heteroatoms. The van der Waals surface area contributed by atoms with Crippen molar-refractivity contribution in [3.05, 3.63) is 125 Å². The molecule has 0 saturated heterocycles. The number of para-hydroxylation sites is 1. The molecular weight excluding hydrogens is 814 g/mol. The van der Waals surface area contributed by atoms with Crippen LogP contribution in [-0.4, -0.2) is 44.6 Å². The number of H-pyrrole nitrogens is 1. The summed E-state index contributed by atoms with van der Waals surface area (Å²) in [5, 5.41) is 54.8. The van der Waals surface area contributed by atoms with Gasteiger partial charge < -0.3 is 20.1 Å². The van der Waals surface area contributed by atoms with Crippen molar-refractivity contribution in [3.8, 4) is 17.2 Å². The normalized spacial score (nSPS) is 11.4. The number of carboxylic acid groups (broad SMARTS) is 1. The number of carbonyl (C=O) groups is 1. The van der Waals surface area contributed by atoms with Crippen molar-refractivity contribution in [3.63, 3.8) is 0 Å². The second-order valence-corrected chi connectivity index (χ2v) is 15.5. The Morgan fingerprint density at radius 2 is 1.41 bits per heavy atom. The number of aromatic amines is 1. The van der Waals surface area contributed by atoms with Gasteiger partial charge in [-0.15, -0.1) is 10.2 Å². The van der Waals surface area contributed by atoms with Gasteiger partial charge in [-0.3, -0.25) is 14.6 Å². The van der Waals surface area contributed by atoms with Crippen molar-refractivity contribution in [1.82, 2.24) is 9.78 Å². The van der Waals surface area contributed by atoms with Crippen molar-refractivity contribution in [1.29, 1.82) is 0 Å². The van der Waals surface area contributed by atoms with E-state index in [9.17, 15) is 41.7 Å². The number of fused-ring (bicyclic) bond motifs is 1. The maximum absolute atomic E-state index is 12.5. The van der Waals surface area contributed by atoms with Crippen molar-refractivity contribution in [2.24, 2.45) is 20.5 Å². The van der Waals surface area contributed by atoms with Gasteiger partial charge in [0.15, 0.2) is 15.5 Å². The van der Waals surface area contributed by atoms with E-state index in [1.54, 1.807) is 43.3 Å². The molecule has 0 unspecified atom stereocenters. The molecule has 0 amide bonds. The van der Waals surface area contributed by atoms with Crippen LogP contribution in [0.1, 0.15) is 23.0 Å². The number of hydrogen-bond acceptors (Lipinski definition) is 13. The number of sulfone groups is 1. The van der Waals surface area contributed by atoms with Gasteiger partial charge in [0.05, 0.1) is 57.0 Å². The van der Waals surface area contributed by atoms with Crippen molar-refractivity contribution in [2.75, 3.05) is 16.7 Å². The quantitative estimate of drug-likeness (QED) is 0.150. The zero-order valence-corrected chi connectivity index (χ0v) is 35.1. The van der Waals surface area contributed by atoms with Gasteiger partial charge in [0.2, 0.25) is 10.0 Å². The molecule has 1 aromatic heterocycles. The number of carboxylic acids is 1. The monoisotopic (exact) mass is 843 g/mol. The van der Waals surface area contributed by atoms with E-state index in [1.165, 1.54) is 48.0 Å². The Hall–Kier alpha value is -5.13. The first-order valence-corrected chi connectivity index (χ1v) is 19.4. The molecule has 0 aliphatic rings. The second kappa shape index (κ2) is 19.1. The van der Waals surface area contributed by atoms with Crippen molar-refractivity contribution in [2.45, 2.75) is 18.7 Å². The fourth-order valence-electron chi connectivity index (χ4n) is 5.02. The molecule has 0 spiro atoms. The molecule has 0 bridgehead atoms. The van der Waals surface area contributed by atoms with Crippen LogP contribution in [0.15, 0.2) is 133 Å². The number of aromatic nitrogens is 2. The van der Waals surface area contributed by atoms with E-state index in [-0.39, 0.29) is 103 Å². The molecular formula is C36H30CrN7NaO9S2+. The Morgan fingerprint density at radius 3 is 2.07 bits per heavy atom. The van der Waals surface area contributed by atoms with Gasteiger partial charge >= 0.3 is 46.9 Å². The van der Waals surface area contributed by atoms with E-state index >= 15 is 0 Å². The number of carbonyl (C=O) groups excluding carboxylic acids is 1. The fraction of sp³-hybridized carbons (Fsp3) is 0.111. The molecule has 1 heterocycles. The van der Waals surface area contributed by atoms with E-state index < -0.39 is 37.3 Å². The van der Waals surface area contributed by atoms with Crippen LogP contribution in [0.25, 0.3) is 16.5 Å². The number of nitrogens with zero attached hydrogens (tertiary/aromatic N) is 5. The average molecular weight is 844 g/mol. The molecule has 281 valence electrons. The predicted molar refractivity (Wildman–Crippen MR) is 196 cm³/mol. The van der Waals surface area contributed by atoms with Crippen LogP contribution in [0.5, 0.6) is 11.5 Å². The van der Waals surface area contributed by atoms with Gasteiger partial charge in [-0.05, 0) is 48.7 Å². The van der Waals surface area contributed by atoms with Crippen LogP contribution in [0, 0.1) is 6.92 Å². The van der Waals surface area contributed by atoms with Crippen LogP contribution < -0.4 is 55.2 Å². The number of benzene rings is 5. The van der Waals surface area contributed by atoms with Crippen molar-refractivity contribution >= 4 is 65.0 Å². The number of rotatable bonds is 10. The Labute approximate surface area is 354 Å². The second-order valence-electron chi connectivity index (χ2n) is 11.5. The molecule has 2 N–H and O–H groups in total. The van der Waals surface area contributed by atoms with Crippen LogP contribution >= 0.6 is 0 Å². The first-order chi connectivity index (χ1) is 25.6.